The van der Waals surface area contributed by atoms with Gasteiger partial charge in [-0.2, -0.15) is 0 Å². The van der Waals surface area contributed by atoms with Gasteiger partial charge in [0.1, 0.15) is 24.4 Å². The Labute approximate surface area is 146 Å². The largest absolute Gasteiger partial charge is 0.394 e. The average molecular weight is 344 g/mol. The fourth-order valence-electron chi connectivity index (χ4n) is 2.92. The summed E-state index contributed by atoms with van der Waals surface area (Å²) in [5, 5.41) is 28.4. The van der Waals surface area contributed by atoms with Crippen LogP contribution in [0, 0.1) is 0 Å². The van der Waals surface area contributed by atoms with Gasteiger partial charge < -0.3 is 24.8 Å². The van der Waals surface area contributed by atoms with E-state index < -0.39 is 31.0 Å². The molecule has 1 aliphatic heterocycles. The van der Waals surface area contributed by atoms with E-state index in [1.54, 1.807) is 0 Å². The van der Waals surface area contributed by atoms with E-state index in [9.17, 15) is 10.2 Å². The summed E-state index contributed by atoms with van der Waals surface area (Å²) >= 11 is 0. The molecular weight excluding hydrogens is 308 g/mol. The number of unbranched alkanes of at least 4 members (excludes halogenated alkanes) is 7. The first-order chi connectivity index (χ1) is 11.7. The van der Waals surface area contributed by atoms with Crippen molar-refractivity contribution in [3.05, 3.63) is 12.2 Å². The fraction of sp³-hybridized carbons (Fsp3) is 0.895. The Morgan fingerprint density at radius 2 is 1.75 bits per heavy atom. The van der Waals surface area contributed by atoms with Crippen LogP contribution in [0.4, 0.5) is 0 Å². The Hall–Kier alpha value is -0.460. The first-order valence-electron chi connectivity index (χ1n) is 9.55. The van der Waals surface area contributed by atoms with Crippen LogP contribution in [0.3, 0.4) is 0 Å². The Balaban J connectivity index is 1.96. The molecule has 1 aliphatic rings. The first-order valence-corrected chi connectivity index (χ1v) is 9.55. The van der Waals surface area contributed by atoms with Gasteiger partial charge in [-0.25, -0.2) is 0 Å². The third kappa shape index (κ3) is 8.58. The maximum atomic E-state index is 9.99. The molecule has 1 heterocycles. The molecule has 0 saturated carbocycles. The minimum absolute atomic E-state index is 0.261. The van der Waals surface area contributed by atoms with Crippen molar-refractivity contribution in [3.8, 4) is 0 Å². The molecule has 1 fully saturated rings. The van der Waals surface area contributed by atoms with Gasteiger partial charge in [-0.3, -0.25) is 0 Å². The van der Waals surface area contributed by atoms with Crippen molar-refractivity contribution in [2.75, 3.05) is 19.8 Å². The first kappa shape index (κ1) is 21.6. The molecule has 0 aromatic heterocycles. The van der Waals surface area contributed by atoms with Crippen LogP contribution in [0.25, 0.3) is 0 Å². The summed E-state index contributed by atoms with van der Waals surface area (Å²) in [6, 6.07) is 0. The van der Waals surface area contributed by atoms with Gasteiger partial charge in [0.2, 0.25) is 0 Å². The highest BCUT2D eigenvalue weighted by Crippen LogP contribution is 2.20. The van der Waals surface area contributed by atoms with E-state index in [0.29, 0.717) is 6.61 Å². The van der Waals surface area contributed by atoms with Crippen molar-refractivity contribution in [3.63, 3.8) is 0 Å². The average Bonchev–Trinajstić information content (AvgIpc) is 2.96. The fourth-order valence-corrected chi connectivity index (χ4v) is 2.92. The monoisotopic (exact) mass is 344 g/mol. The van der Waals surface area contributed by atoms with Gasteiger partial charge in [0, 0.05) is 6.61 Å². The van der Waals surface area contributed by atoms with Crippen LogP contribution in [0.15, 0.2) is 12.2 Å². The van der Waals surface area contributed by atoms with E-state index in [-0.39, 0.29) is 6.61 Å². The van der Waals surface area contributed by atoms with Crippen LogP contribution < -0.4 is 0 Å². The number of hydrogen-bond acceptors (Lipinski definition) is 5. The van der Waals surface area contributed by atoms with Crippen molar-refractivity contribution in [2.24, 2.45) is 0 Å². The van der Waals surface area contributed by atoms with E-state index in [2.05, 4.69) is 19.1 Å². The molecule has 0 unspecified atom stereocenters. The third-order valence-electron chi connectivity index (χ3n) is 4.47. The van der Waals surface area contributed by atoms with Gasteiger partial charge in [0.15, 0.2) is 0 Å². The summed E-state index contributed by atoms with van der Waals surface area (Å²) in [5.41, 5.74) is 0. The maximum Gasteiger partial charge on any atom is 0.114 e. The molecular formula is C19H36O5. The second kappa shape index (κ2) is 13.8. The van der Waals surface area contributed by atoms with Crippen molar-refractivity contribution in [1.82, 2.24) is 0 Å². The van der Waals surface area contributed by atoms with Crippen LogP contribution in [0.5, 0.6) is 0 Å². The smallest absolute Gasteiger partial charge is 0.114 e. The lowest BCUT2D eigenvalue weighted by Gasteiger charge is -2.20. The maximum absolute atomic E-state index is 9.99. The number of allylic oxidation sites excluding steroid dienone is 2. The minimum Gasteiger partial charge on any atom is -0.394 e. The highest BCUT2D eigenvalue weighted by Gasteiger charge is 2.40. The zero-order valence-corrected chi connectivity index (χ0v) is 15.1. The number of rotatable bonds is 14. The van der Waals surface area contributed by atoms with E-state index in [1.807, 2.05) is 0 Å². The number of ether oxygens (including phenoxy) is 2. The molecule has 24 heavy (non-hydrogen) atoms. The van der Waals surface area contributed by atoms with Gasteiger partial charge in [0.05, 0.1) is 13.2 Å². The standard InChI is InChI=1S/C19H36O5/c1-2-3-4-5-6-7-8-9-10-11-12-13-23-17-15-24-19(18(17)22)16(21)14-20/h9-10,16-22H,2-8,11-15H2,1H3/b10-9+/t16-,17+,18-,19-/m1/s1. The highest BCUT2D eigenvalue weighted by atomic mass is 16.6. The summed E-state index contributed by atoms with van der Waals surface area (Å²) in [4.78, 5) is 0. The van der Waals surface area contributed by atoms with Gasteiger partial charge >= 0.3 is 0 Å². The van der Waals surface area contributed by atoms with Crippen molar-refractivity contribution in [2.45, 2.75) is 89.1 Å². The summed E-state index contributed by atoms with van der Waals surface area (Å²) in [6.45, 7) is 2.65. The second-order valence-electron chi connectivity index (χ2n) is 6.62. The van der Waals surface area contributed by atoms with Gasteiger partial charge in [-0.15, -0.1) is 0 Å². The van der Waals surface area contributed by atoms with Gasteiger partial charge in [-0.1, -0.05) is 51.2 Å². The second-order valence-corrected chi connectivity index (χ2v) is 6.62. The normalized spacial score (nSPS) is 25.6. The minimum atomic E-state index is -1.06. The van der Waals surface area contributed by atoms with Crippen molar-refractivity contribution < 1.29 is 24.8 Å². The zero-order chi connectivity index (χ0) is 17.6. The van der Waals surface area contributed by atoms with Crippen LogP contribution in [0.1, 0.15) is 64.7 Å². The Morgan fingerprint density at radius 1 is 1.08 bits per heavy atom. The highest BCUT2D eigenvalue weighted by molar-refractivity contribution is 4.89. The van der Waals surface area contributed by atoms with Crippen LogP contribution in [-0.2, 0) is 9.47 Å². The summed E-state index contributed by atoms with van der Waals surface area (Å²) in [5.74, 6) is 0. The quantitative estimate of drug-likeness (QED) is 0.333. The Kier molecular flexibility index (Phi) is 12.4. The van der Waals surface area contributed by atoms with Crippen molar-refractivity contribution in [1.29, 1.82) is 0 Å². The predicted molar refractivity (Wildman–Crippen MR) is 94.9 cm³/mol. The number of aliphatic hydroxyl groups excluding tert-OH is 3. The molecule has 1 saturated heterocycles. The molecule has 0 bridgehead atoms. The molecule has 1 rings (SSSR count). The van der Waals surface area contributed by atoms with E-state index in [0.717, 1.165) is 19.3 Å². The molecule has 142 valence electrons. The molecule has 0 spiro atoms. The van der Waals surface area contributed by atoms with Gasteiger partial charge in [-0.05, 0) is 25.7 Å². The molecule has 0 aromatic rings. The summed E-state index contributed by atoms with van der Waals surface area (Å²) in [7, 11) is 0. The number of aliphatic hydroxyl groups is 3. The lowest BCUT2D eigenvalue weighted by atomic mass is 10.1. The third-order valence-corrected chi connectivity index (χ3v) is 4.47. The molecule has 5 nitrogen and oxygen atoms in total. The van der Waals surface area contributed by atoms with E-state index in [1.165, 1.54) is 38.5 Å². The molecule has 0 aliphatic carbocycles. The van der Waals surface area contributed by atoms with E-state index in [4.69, 9.17) is 14.6 Å². The van der Waals surface area contributed by atoms with Gasteiger partial charge in [0.25, 0.3) is 0 Å². The van der Waals surface area contributed by atoms with E-state index >= 15 is 0 Å². The molecule has 3 N–H and O–H groups in total. The zero-order valence-electron chi connectivity index (χ0n) is 15.1. The number of hydrogen-bond donors (Lipinski definition) is 3. The lowest BCUT2D eigenvalue weighted by Crippen LogP contribution is -2.41. The predicted octanol–water partition coefficient (Wildman–Crippen LogP) is 2.57. The molecule has 0 radical (unpaired) electrons. The summed E-state index contributed by atoms with van der Waals surface area (Å²) in [6.07, 6.45) is 12.4. The molecule has 4 atom stereocenters. The lowest BCUT2D eigenvalue weighted by molar-refractivity contribution is -0.0729. The van der Waals surface area contributed by atoms with Crippen LogP contribution in [0.2, 0.25) is 0 Å². The van der Waals surface area contributed by atoms with Crippen molar-refractivity contribution >= 4 is 0 Å². The van der Waals surface area contributed by atoms with Crippen LogP contribution >= 0.6 is 0 Å². The molecule has 0 amide bonds. The Morgan fingerprint density at radius 3 is 2.46 bits per heavy atom. The Bertz CT molecular complexity index is 321. The molecule has 5 heteroatoms. The molecule has 0 aromatic carbocycles. The SMILES string of the molecule is CCCCCCCC/C=C/CCCO[C@H]1CO[C@H]([C@H](O)CO)[C@@H]1O. The summed E-state index contributed by atoms with van der Waals surface area (Å²) < 4.78 is 10.9. The van der Waals surface area contributed by atoms with Crippen LogP contribution in [-0.4, -0.2) is 59.6 Å². The topological polar surface area (TPSA) is 79.2 Å².